The molecule has 0 radical (unpaired) electrons. The minimum atomic E-state index is -3.60. The van der Waals surface area contributed by atoms with Crippen molar-refractivity contribution in [3.63, 3.8) is 0 Å². The Morgan fingerprint density at radius 3 is 2.00 bits per heavy atom. The number of rotatable bonds is 3. The zero-order valence-corrected chi connectivity index (χ0v) is 14.0. The van der Waals surface area contributed by atoms with Gasteiger partial charge >= 0.3 is 0 Å². The molecule has 0 spiro atoms. The van der Waals surface area contributed by atoms with Gasteiger partial charge in [-0.15, -0.1) is 0 Å². The molecule has 2 aromatic rings. The van der Waals surface area contributed by atoms with Gasteiger partial charge in [-0.25, -0.2) is 8.42 Å². The van der Waals surface area contributed by atoms with E-state index < -0.39 is 9.84 Å². The first kappa shape index (κ1) is 15.6. The van der Waals surface area contributed by atoms with Crippen molar-refractivity contribution in [1.29, 1.82) is 0 Å². The Balaban J connectivity index is 2.72. The summed E-state index contributed by atoms with van der Waals surface area (Å²) in [5.41, 5.74) is 8.79. The maximum atomic E-state index is 12.9. The van der Waals surface area contributed by atoms with E-state index in [2.05, 4.69) is 0 Å². The second-order valence-corrected chi connectivity index (χ2v) is 7.59. The zero-order valence-electron chi connectivity index (χ0n) is 13.1. The number of nitrogens with two attached hydrogens (primary N) is 1. The van der Waals surface area contributed by atoms with E-state index in [1.54, 1.807) is 24.3 Å². The van der Waals surface area contributed by atoms with Gasteiger partial charge in [0.1, 0.15) is 10.7 Å². The van der Waals surface area contributed by atoms with E-state index in [0.717, 1.165) is 16.8 Å². The fraction of sp³-hybridized carbons (Fsp3) is 0.375. The number of benzene rings is 1. The lowest BCUT2D eigenvalue weighted by Crippen LogP contribution is -2.10. The quantitative estimate of drug-likeness (QED) is 0.945. The van der Waals surface area contributed by atoms with Crippen LogP contribution in [0.15, 0.2) is 34.1 Å². The maximum Gasteiger partial charge on any atom is 0.210 e. The highest BCUT2D eigenvalue weighted by Crippen LogP contribution is 2.35. The lowest BCUT2D eigenvalue weighted by atomic mass is 10.2. The Morgan fingerprint density at radius 2 is 1.57 bits per heavy atom. The molecule has 0 saturated heterocycles. The summed E-state index contributed by atoms with van der Waals surface area (Å²) in [5.74, 6) is 0.320. The molecule has 2 rings (SSSR count). The number of nitrogen functional groups attached to an aromatic ring is 1. The van der Waals surface area contributed by atoms with Crippen molar-refractivity contribution in [1.82, 2.24) is 4.57 Å². The molecule has 0 amide bonds. The summed E-state index contributed by atoms with van der Waals surface area (Å²) in [4.78, 5) is 0.515. The van der Waals surface area contributed by atoms with Crippen LogP contribution < -0.4 is 5.73 Å². The molecule has 0 aliphatic carbocycles. The van der Waals surface area contributed by atoms with Crippen molar-refractivity contribution in [2.24, 2.45) is 0 Å². The highest BCUT2D eigenvalue weighted by molar-refractivity contribution is 7.91. The number of nitrogens with zero attached hydrogens (tertiary/aromatic N) is 1. The second-order valence-electron chi connectivity index (χ2n) is 5.71. The van der Waals surface area contributed by atoms with Crippen LogP contribution in [0.25, 0.3) is 0 Å². The molecule has 0 fully saturated rings. The molecule has 0 unspecified atom stereocenters. The van der Waals surface area contributed by atoms with Crippen LogP contribution in [-0.4, -0.2) is 13.0 Å². The molecule has 0 aliphatic heterocycles. The van der Waals surface area contributed by atoms with Crippen molar-refractivity contribution < 1.29 is 8.42 Å². The summed E-state index contributed by atoms with van der Waals surface area (Å²) in [6, 6.07) is 6.97. The van der Waals surface area contributed by atoms with Gasteiger partial charge in [0.2, 0.25) is 9.84 Å². The molecule has 1 aromatic carbocycles. The third kappa shape index (κ3) is 2.46. The van der Waals surface area contributed by atoms with Gasteiger partial charge in [-0.05, 0) is 52.3 Å². The summed E-state index contributed by atoms with van der Waals surface area (Å²) in [6.45, 7) is 9.62. The predicted octanol–water partition coefficient (Wildman–Crippen LogP) is 3.41. The average molecular weight is 306 g/mol. The Labute approximate surface area is 126 Å². The summed E-state index contributed by atoms with van der Waals surface area (Å²) in [5, 5.41) is 0. The summed E-state index contributed by atoms with van der Waals surface area (Å²) < 4.78 is 27.6. The van der Waals surface area contributed by atoms with Gasteiger partial charge in [0, 0.05) is 11.7 Å². The SMILES string of the molecule is Cc1ccc(S(=O)(=O)c2c(C)c(C)n(C(C)C)c2N)cc1. The van der Waals surface area contributed by atoms with Gasteiger partial charge in [0.15, 0.2) is 0 Å². The Bertz CT molecular complexity index is 770. The van der Waals surface area contributed by atoms with E-state index in [9.17, 15) is 8.42 Å². The van der Waals surface area contributed by atoms with E-state index in [1.165, 1.54) is 0 Å². The molecule has 1 aromatic heterocycles. The molecule has 0 saturated carbocycles. The van der Waals surface area contributed by atoms with Crippen LogP contribution in [0.5, 0.6) is 0 Å². The minimum absolute atomic E-state index is 0.116. The number of aromatic nitrogens is 1. The predicted molar refractivity (Wildman–Crippen MR) is 85.3 cm³/mol. The van der Waals surface area contributed by atoms with Crippen molar-refractivity contribution in [3.8, 4) is 0 Å². The van der Waals surface area contributed by atoms with Gasteiger partial charge in [0.05, 0.1) is 4.90 Å². The Hall–Kier alpha value is -1.75. The van der Waals surface area contributed by atoms with E-state index in [0.29, 0.717) is 5.82 Å². The van der Waals surface area contributed by atoms with Gasteiger partial charge < -0.3 is 10.3 Å². The topological polar surface area (TPSA) is 65.1 Å². The summed E-state index contributed by atoms with van der Waals surface area (Å²) >= 11 is 0. The molecule has 21 heavy (non-hydrogen) atoms. The third-order valence-corrected chi connectivity index (χ3v) is 5.80. The van der Waals surface area contributed by atoms with Crippen molar-refractivity contribution >= 4 is 15.7 Å². The summed E-state index contributed by atoms with van der Waals surface area (Å²) in [6.07, 6.45) is 0. The Morgan fingerprint density at radius 1 is 1.05 bits per heavy atom. The van der Waals surface area contributed by atoms with Gasteiger partial charge in [0.25, 0.3) is 0 Å². The number of sulfone groups is 1. The van der Waals surface area contributed by atoms with Crippen LogP contribution in [0.2, 0.25) is 0 Å². The van der Waals surface area contributed by atoms with Crippen LogP contribution in [-0.2, 0) is 9.84 Å². The van der Waals surface area contributed by atoms with Crippen LogP contribution in [0.4, 0.5) is 5.82 Å². The van der Waals surface area contributed by atoms with E-state index in [1.807, 2.05) is 39.2 Å². The normalized spacial score (nSPS) is 12.1. The lowest BCUT2D eigenvalue weighted by molar-refractivity contribution is 0.589. The van der Waals surface area contributed by atoms with E-state index >= 15 is 0 Å². The largest absolute Gasteiger partial charge is 0.384 e. The third-order valence-electron chi connectivity index (χ3n) is 3.85. The van der Waals surface area contributed by atoms with Gasteiger partial charge in [-0.3, -0.25) is 0 Å². The number of hydrogen-bond donors (Lipinski definition) is 1. The van der Waals surface area contributed by atoms with Crippen molar-refractivity contribution in [2.75, 3.05) is 5.73 Å². The van der Waals surface area contributed by atoms with E-state index in [-0.39, 0.29) is 15.8 Å². The highest BCUT2D eigenvalue weighted by Gasteiger charge is 2.28. The zero-order chi connectivity index (χ0) is 15.9. The van der Waals surface area contributed by atoms with Crippen LogP contribution >= 0.6 is 0 Å². The molecule has 2 N–H and O–H groups in total. The van der Waals surface area contributed by atoms with Crippen LogP contribution in [0, 0.1) is 20.8 Å². The smallest absolute Gasteiger partial charge is 0.210 e. The molecule has 4 nitrogen and oxygen atoms in total. The van der Waals surface area contributed by atoms with Gasteiger partial charge in [-0.2, -0.15) is 0 Å². The fourth-order valence-corrected chi connectivity index (χ4v) is 4.32. The fourth-order valence-electron chi connectivity index (χ4n) is 2.67. The number of hydrogen-bond acceptors (Lipinski definition) is 3. The first-order valence-electron chi connectivity index (χ1n) is 6.96. The van der Waals surface area contributed by atoms with Crippen LogP contribution in [0.1, 0.15) is 36.7 Å². The molecule has 0 bridgehead atoms. The number of anilines is 1. The molecular weight excluding hydrogens is 284 g/mol. The Kier molecular flexibility index (Phi) is 3.89. The second kappa shape index (κ2) is 5.22. The first-order valence-corrected chi connectivity index (χ1v) is 8.44. The van der Waals surface area contributed by atoms with Gasteiger partial charge in [-0.1, -0.05) is 17.7 Å². The standard InChI is InChI=1S/C16H22N2O2S/c1-10(2)18-13(5)12(4)15(16(18)17)21(19,20)14-8-6-11(3)7-9-14/h6-10H,17H2,1-5H3. The molecule has 0 atom stereocenters. The van der Waals surface area contributed by atoms with Crippen LogP contribution in [0.3, 0.4) is 0 Å². The average Bonchev–Trinajstić information content (AvgIpc) is 2.61. The summed E-state index contributed by atoms with van der Waals surface area (Å²) in [7, 11) is -3.60. The molecule has 114 valence electrons. The first-order chi connectivity index (χ1) is 9.67. The molecule has 1 heterocycles. The molecule has 0 aliphatic rings. The molecular formula is C16H22N2O2S. The van der Waals surface area contributed by atoms with Crippen molar-refractivity contribution in [2.45, 2.75) is 50.5 Å². The molecule has 5 heteroatoms. The highest BCUT2D eigenvalue weighted by atomic mass is 32.2. The maximum absolute atomic E-state index is 12.9. The monoisotopic (exact) mass is 306 g/mol. The minimum Gasteiger partial charge on any atom is -0.384 e. The van der Waals surface area contributed by atoms with E-state index in [4.69, 9.17) is 5.73 Å². The van der Waals surface area contributed by atoms with Crippen molar-refractivity contribution in [3.05, 3.63) is 41.1 Å². The lowest BCUT2D eigenvalue weighted by Gasteiger charge is -2.13. The number of aryl methyl sites for hydroxylation is 1.